The number of aryl methyl sites for hydroxylation is 1. The zero-order valence-electron chi connectivity index (χ0n) is 19.5. The van der Waals surface area contributed by atoms with Crippen LogP contribution in [0, 0.1) is 6.92 Å². The monoisotopic (exact) mass is 485 g/mol. The molecular formula is C27H23N3O4S. The molecule has 0 aliphatic heterocycles. The lowest BCUT2D eigenvalue weighted by Gasteiger charge is -2.15. The molecule has 0 unspecified atom stereocenters. The van der Waals surface area contributed by atoms with E-state index < -0.39 is 0 Å². The Kier molecular flexibility index (Phi) is 6.29. The lowest BCUT2D eigenvalue weighted by Crippen LogP contribution is -2.22. The Bertz CT molecular complexity index is 1540. The highest BCUT2D eigenvalue weighted by molar-refractivity contribution is 7.98. The van der Waals surface area contributed by atoms with Crippen molar-refractivity contribution in [2.75, 3.05) is 14.2 Å². The zero-order valence-corrected chi connectivity index (χ0v) is 20.3. The number of hydrogen-bond acceptors (Lipinski definition) is 7. The van der Waals surface area contributed by atoms with Gasteiger partial charge in [0.15, 0.2) is 5.16 Å². The number of methoxy groups -OCH3 is 2. The van der Waals surface area contributed by atoms with Crippen LogP contribution in [0.15, 0.2) is 87.2 Å². The average molecular weight is 486 g/mol. The van der Waals surface area contributed by atoms with Crippen molar-refractivity contribution in [3.05, 3.63) is 94.6 Å². The summed E-state index contributed by atoms with van der Waals surface area (Å²) in [4.78, 5) is 23.1. The van der Waals surface area contributed by atoms with Gasteiger partial charge in [0.05, 0.1) is 36.5 Å². The SMILES string of the molecule is COc1cc(OC)cc(-n2c(SCc3nc(-c4ccccc4)oc3C)nc3ccccc3c2=O)c1. The summed E-state index contributed by atoms with van der Waals surface area (Å²) in [6.45, 7) is 1.89. The van der Waals surface area contributed by atoms with Gasteiger partial charge in [0, 0.05) is 29.5 Å². The summed E-state index contributed by atoms with van der Waals surface area (Å²) in [5, 5.41) is 1.07. The Morgan fingerprint density at radius 1 is 0.914 bits per heavy atom. The topological polar surface area (TPSA) is 79.4 Å². The number of oxazole rings is 1. The van der Waals surface area contributed by atoms with Gasteiger partial charge in [-0.15, -0.1) is 0 Å². The average Bonchev–Trinajstić information content (AvgIpc) is 3.28. The summed E-state index contributed by atoms with van der Waals surface area (Å²) in [6, 6.07) is 22.4. The molecule has 0 amide bonds. The first-order chi connectivity index (χ1) is 17.1. The summed E-state index contributed by atoms with van der Waals surface area (Å²) in [6.07, 6.45) is 0. The molecule has 0 spiro atoms. The van der Waals surface area contributed by atoms with Gasteiger partial charge in [0.25, 0.3) is 5.56 Å². The molecule has 0 aliphatic rings. The van der Waals surface area contributed by atoms with Gasteiger partial charge in [-0.2, -0.15) is 0 Å². The minimum Gasteiger partial charge on any atom is -0.497 e. The van der Waals surface area contributed by atoms with E-state index in [2.05, 4.69) is 0 Å². The summed E-state index contributed by atoms with van der Waals surface area (Å²) in [7, 11) is 3.15. The third kappa shape index (κ3) is 4.52. The number of nitrogens with zero attached hydrogens (tertiary/aromatic N) is 3. The molecular weight excluding hydrogens is 462 g/mol. The highest BCUT2D eigenvalue weighted by Gasteiger charge is 2.18. The van der Waals surface area contributed by atoms with Crippen molar-refractivity contribution in [3.8, 4) is 28.6 Å². The van der Waals surface area contributed by atoms with Gasteiger partial charge < -0.3 is 13.9 Å². The summed E-state index contributed by atoms with van der Waals surface area (Å²) in [5.74, 6) is 2.94. The first kappa shape index (κ1) is 22.7. The van der Waals surface area contributed by atoms with Crippen molar-refractivity contribution in [3.63, 3.8) is 0 Å². The van der Waals surface area contributed by atoms with E-state index in [-0.39, 0.29) is 5.56 Å². The molecule has 0 aliphatic carbocycles. The normalized spacial score (nSPS) is 11.1. The smallest absolute Gasteiger partial charge is 0.266 e. The molecule has 2 heterocycles. The first-order valence-electron chi connectivity index (χ1n) is 11.0. The molecule has 0 N–H and O–H groups in total. The standard InChI is InChI=1S/C27H23N3O4S/c1-17-24(28-25(34-17)18-9-5-4-6-10-18)16-35-27-29-23-12-8-7-11-22(23)26(31)30(27)19-13-20(32-2)15-21(14-19)33-3/h4-15H,16H2,1-3H3. The van der Waals surface area contributed by atoms with Gasteiger partial charge in [-0.3, -0.25) is 9.36 Å². The van der Waals surface area contributed by atoms with Crippen molar-refractivity contribution in [1.29, 1.82) is 0 Å². The van der Waals surface area contributed by atoms with Gasteiger partial charge in [-0.25, -0.2) is 9.97 Å². The van der Waals surface area contributed by atoms with Crippen molar-refractivity contribution in [2.24, 2.45) is 0 Å². The molecule has 176 valence electrons. The number of para-hydroxylation sites is 1. The number of benzene rings is 3. The maximum absolute atomic E-state index is 13.6. The van der Waals surface area contributed by atoms with Crippen LogP contribution in [0.4, 0.5) is 0 Å². The number of hydrogen-bond donors (Lipinski definition) is 0. The van der Waals surface area contributed by atoms with E-state index in [1.807, 2.05) is 55.5 Å². The fourth-order valence-corrected chi connectivity index (χ4v) is 4.77. The van der Waals surface area contributed by atoms with Crippen LogP contribution in [-0.2, 0) is 5.75 Å². The lowest BCUT2D eigenvalue weighted by atomic mass is 10.2. The summed E-state index contributed by atoms with van der Waals surface area (Å²) in [5.41, 5.74) is 2.78. The first-order valence-corrected chi connectivity index (χ1v) is 12.0. The van der Waals surface area contributed by atoms with Crippen molar-refractivity contribution < 1.29 is 13.9 Å². The van der Waals surface area contributed by atoms with Crippen molar-refractivity contribution >= 4 is 22.7 Å². The molecule has 0 saturated carbocycles. The third-order valence-electron chi connectivity index (χ3n) is 5.59. The third-order valence-corrected chi connectivity index (χ3v) is 6.54. The molecule has 5 aromatic rings. The molecule has 8 heteroatoms. The van der Waals surface area contributed by atoms with Crippen LogP contribution < -0.4 is 15.0 Å². The molecule has 2 aromatic heterocycles. The Morgan fingerprint density at radius 3 is 2.31 bits per heavy atom. The Labute approximate surface area is 206 Å². The van der Waals surface area contributed by atoms with E-state index >= 15 is 0 Å². The molecule has 5 rings (SSSR count). The molecule has 3 aromatic carbocycles. The van der Waals surface area contributed by atoms with E-state index in [1.165, 1.54) is 11.8 Å². The highest BCUT2D eigenvalue weighted by Crippen LogP contribution is 2.31. The molecule has 7 nitrogen and oxygen atoms in total. The van der Waals surface area contributed by atoms with Gasteiger partial charge >= 0.3 is 0 Å². The van der Waals surface area contributed by atoms with E-state index in [0.717, 1.165) is 17.0 Å². The van der Waals surface area contributed by atoms with Crippen LogP contribution in [0.2, 0.25) is 0 Å². The minimum absolute atomic E-state index is 0.171. The van der Waals surface area contributed by atoms with Gasteiger partial charge in [0.1, 0.15) is 17.3 Å². The van der Waals surface area contributed by atoms with E-state index in [9.17, 15) is 4.79 Å². The van der Waals surface area contributed by atoms with Crippen LogP contribution in [0.25, 0.3) is 28.0 Å². The summed E-state index contributed by atoms with van der Waals surface area (Å²) < 4.78 is 18.4. The van der Waals surface area contributed by atoms with Gasteiger partial charge in [-0.05, 0) is 31.2 Å². The largest absolute Gasteiger partial charge is 0.497 e. The zero-order chi connectivity index (χ0) is 24.4. The number of aromatic nitrogens is 3. The fraction of sp³-hybridized carbons (Fsp3) is 0.148. The lowest BCUT2D eigenvalue weighted by molar-refractivity contribution is 0.394. The second-order valence-corrected chi connectivity index (χ2v) is 8.74. The molecule has 0 saturated heterocycles. The van der Waals surface area contributed by atoms with Crippen LogP contribution in [0.3, 0.4) is 0 Å². The van der Waals surface area contributed by atoms with Crippen LogP contribution in [0.5, 0.6) is 11.5 Å². The Hall–Kier alpha value is -4.04. The summed E-state index contributed by atoms with van der Waals surface area (Å²) >= 11 is 1.42. The predicted octanol–water partition coefficient (Wildman–Crippen LogP) is 5.66. The van der Waals surface area contributed by atoms with Crippen LogP contribution in [-0.4, -0.2) is 28.8 Å². The van der Waals surface area contributed by atoms with Gasteiger partial charge in [-0.1, -0.05) is 42.1 Å². The second-order valence-electron chi connectivity index (χ2n) is 7.80. The van der Waals surface area contributed by atoms with Crippen LogP contribution >= 0.6 is 11.8 Å². The minimum atomic E-state index is -0.171. The van der Waals surface area contributed by atoms with E-state index in [1.54, 1.807) is 43.1 Å². The number of ether oxygens (including phenoxy) is 2. The maximum atomic E-state index is 13.6. The molecule has 0 atom stereocenters. The highest BCUT2D eigenvalue weighted by atomic mass is 32.2. The number of rotatable bonds is 7. The predicted molar refractivity (Wildman–Crippen MR) is 137 cm³/mol. The molecule has 35 heavy (non-hydrogen) atoms. The second kappa shape index (κ2) is 9.68. The van der Waals surface area contributed by atoms with E-state index in [4.69, 9.17) is 23.9 Å². The molecule has 0 radical (unpaired) electrons. The molecule has 0 bridgehead atoms. The number of thioether (sulfide) groups is 1. The quantitative estimate of drug-likeness (QED) is 0.217. The van der Waals surface area contributed by atoms with Crippen LogP contribution in [0.1, 0.15) is 11.5 Å². The maximum Gasteiger partial charge on any atom is 0.266 e. The van der Waals surface area contributed by atoms with Gasteiger partial charge in [0.2, 0.25) is 5.89 Å². The van der Waals surface area contributed by atoms with E-state index in [0.29, 0.717) is 44.9 Å². The number of fused-ring (bicyclic) bond motifs is 1. The fourth-order valence-electron chi connectivity index (χ4n) is 3.76. The molecule has 0 fully saturated rings. The van der Waals surface area contributed by atoms with Crippen molar-refractivity contribution in [2.45, 2.75) is 17.8 Å². The Morgan fingerprint density at radius 2 is 1.60 bits per heavy atom. The Balaban J connectivity index is 1.58. The van der Waals surface area contributed by atoms with Crippen molar-refractivity contribution in [1.82, 2.24) is 14.5 Å².